The number of carbonyl (C=O) groups is 1. The summed E-state index contributed by atoms with van der Waals surface area (Å²) in [7, 11) is 0. The number of anilines is 1. The number of ether oxygens (including phenoxy) is 1. The highest BCUT2D eigenvalue weighted by Crippen LogP contribution is 2.41. The van der Waals surface area contributed by atoms with Gasteiger partial charge < -0.3 is 4.74 Å². The van der Waals surface area contributed by atoms with Gasteiger partial charge in [0.1, 0.15) is 17.4 Å². The van der Waals surface area contributed by atoms with Gasteiger partial charge in [0.25, 0.3) is 0 Å². The van der Waals surface area contributed by atoms with E-state index < -0.39 is 5.60 Å². The molecule has 0 aliphatic carbocycles. The molecule has 0 atom stereocenters. The first-order valence-electron chi connectivity index (χ1n) is 9.58. The maximum Gasteiger partial charge on any atom is 0.414 e. The van der Waals surface area contributed by atoms with Crippen molar-refractivity contribution in [3.63, 3.8) is 0 Å². The smallest absolute Gasteiger partial charge is 0.414 e. The van der Waals surface area contributed by atoms with Crippen molar-refractivity contribution in [2.24, 2.45) is 0 Å². The predicted molar refractivity (Wildman–Crippen MR) is 109 cm³/mol. The van der Waals surface area contributed by atoms with Crippen molar-refractivity contribution >= 4 is 11.8 Å². The summed E-state index contributed by atoms with van der Waals surface area (Å²) in [5.41, 5.74) is 4.23. The maximum atomic E-state index is 12.6. The quantitative estimate of drug-likeness (QED) is 0.773. The van der Waals surface area contributed by atoms with Gasteiger partial charge >= 0.3 is 6.09 Å². The van der Waals surface area contributed by atoms with Crippen LogP contribution in [0.5, 0.6) is 0 Å². The third kappa shape index (κ3) is 4.33. The van der Waals surface area contributed by atoms with Gasteiger partial charge in [0, 0.05) is 18.2 Å². The van der Waals surface area contributed by atoms with Crippen LogP contribution in [0.1, 0.15) is 57.0 Å². The van der Waals surface area contributed by atoms with Crippen LogP contribution in [0.25, 0.3) is 0 Å². The lowest BCUT2D eigenvalue weighted by atomic mass is 9.85. The van der Waals surface area contributed by atoms with Crippen molar-refractivity contribution in [1.82, 2.24) is 4.98 Å². The summed E-state index contributed by atoms with van der Waals surface area (Å²) in [6.45, 7) is 10.6. The highest BCUT2D eigenvalue weighted by atomic mass is 16.6. The number of hydrogen-bond donors (Lipinski definition) is 0. The van der Waals surface area contributed by atoms with Gasteiger partial charge in [-0.15, -0.1) is 0 Å². The van der Waals surface area contributed by atoms with E-state index in [0.717, 1.165) is 24.1 Å². The molecule has 1 aliphatic rings. The van der Waals surface area contributed by atoms with Crippen LogP contribution < -0.4 is 4.90 Å². The molecule has 1 amide bonds. The van der Waals surface area contributed by atoms with Crippen LogP contribution in [0, 0.1) is 11.3 Å². The molecule has 0 N–H and O–H groups in total. The molecule has 3 rings (SSSR count). The third-order valence-corrected chi connectivity index (χ3v) is 4.89. The van der Waals surface area contributed by atoms with Gasteiger partial charge in [0.2, 0.25) is 0 Å². The molecule has 28 heavy (non-hydrogen) atoms. The first-order valence-corrected chi connectivity index (χ1v) is 9.58. The number of fused-ring (bicyclic) bond motifs is 1. The number of aromatic nitrogens is 1. The van der Waals surface area contributed by atoms with Gasteiger partial charge in [0.05, 0.1) is 5.69 Å². The molecule has 2 heterocycles. The zero-order chi connectivity index (χ0) is 20.5. The van der Waals surface area contributed by atoms with E-state index >= 15 is 0 Å². The normalized spacial score (nSPS) is 15.1. The number of nitrogens with zero attached hydrogens (tertiary/aromatic N) is 3. The Labute approximate surface area is 167 Å². The molecule has 1 aliphatic heterocycles. The predicted octanol–water partition coefficient (Wildman–Crippen LogP) is 4.77. The molecule has 1 aromatic carbocycles. The van der Waals surface area contributed by atoms with Gasteiger partial charge in [-0.05, 0) is 62.4 Å². The van der Waals surface area contributed by atoms with E-state index in [4.69, 9.17) is 10.00 Å². The van der Waals surface area contributed by atoms with Crippen LogP contribution >= 0.6 is 0 Å². The molecular formula is C23H27N3O2. The van der Waals surface area contributed by atoms with Crippen molar-refractivity contribution in [1.29, 1.82) is 5.26 Å². The van der Waals surface area contributed by atoms with Crippen LogP contribution in [0.2, 0.25) is 0 Å². The van der Waals surface area contributed by atoms with E-state index in [1.807, 2.05) is 39.0 Å². The van der Waals surface area contributed by atoms with Crippen molar-refractivity contribution in [3.05, 3.63) is 58.9 Å². The summed E-state index contributed by atoms with van der Waals surface area (Å²) in [5, 5.41) is 8.85. The van der Waals surface area contributed by atoms with Crippen LogP contribution in [0.4, 0.5) is 10.5 Å². The van der Waals surface area contributed by atoms with Crippen LogP contribution in [-0.4, -0.2) is 23.2 Å². The van der Waals surface area contributed by atoms with Crippen LogP contribution in [0.15, 0.2) is 36.5 Å². The molecular weight excluding hydrogens is 350 g/mol. The molecule has 1 aromatic heterocycles. The van der Waals surface area contributed by atoms with Crippen molar-refractivity contribution in [2.75, 3.05) is 11.4 Å². The van der Waals surface area contributed by atoms with Crippen molar-refractivity contribution < 1.29 is 9.53 Å². The summed E-state index contributed by atoms with van der Waals surface area (Å²) in [4.78, 5) is 18.5. The summed E-state index contributed by atoms with van der Waals surface area (Å²) < 4.78 is 5.58. The first-order chi connectivity index (χ1) is 13.1. The second-order valence-electron chi connectivity index (χ2n) is 8.97. The minimum atomic E-state index is -0.515. The Hall–Kier alpha value is -2.87. The van der Waals surface area contributed by atoms with Gasteiger partial charge in [-0.1, -0.05) is 32.0 Å². The molecule has 0 radical (unpaired) electrons. The Morgan fingerprint density at radius 1 is 1.21 bits per heavy atom. The van der Waals surface area contributed by atoms with E-state index in [9.17, 15) is 4.79 Å². The second-order valence-corrected chi connectivity index (χ2v) is 8.97. The summed E-state index contributed by atoms with van der Waals surface area (Å²) >= 11 is 0. The standard InChI is InChI=1S/C23H27N3O2/c1-22(2,3)28-21(27)26-15-23(4,5)19-12-16(9-11-20(19)26)6-7-17-8-10-18(13-24)25-14-17/h8-12,14H,6-7,15H2,1-5H3. The fourth-order valence-electron chi connectivity index (χ4n) is 3.49. The topological polar surface area (TPSA) is 66.2 Å². The van der Waals surface area contributed by atoms with E-state index in [2.05, 4.69) is 31.0 Å². The Kier molecular flexibility index (Phi) is 5.16. The largest absolute Gasteiger partial charge is 0.443 e. The van der Waals surface area contributed by atoms with E-state index in [1.165, 1.54) is 11.1 Å². The van der Waals surface area contributed by atoms with Crippen LogP contribution in [-0.2, 0) is 23.0 Å². The van der Waals surface area contributed by atoms with E-state index in [1.54, 1.807) is 17.2 Å². The molecule has 0 unspecified atom stereocenters. The number of pyridine rings is 1. The maximum absolute atomic E-state index is 12.6. The lowest BCUT2D eigenvalue weighted by Crippen LogP contribution is -2.38. The lowest BCUT2D eigenvalue weighted by Gasteiger charge is -2.25. The fraction of sp³-hybridized carbons (Fsp3) is 0.435. The Morgan fingerprint density at radius 2 is 1.89 bits per heavy atom. The molecule has 5 heteroatoms. The first kappa shape index (κ1) is 19.9. The molecule has 0 saturated heterocycles. The molecule has 0 spiro atoms. The molecule has 0 bridgehead atoms. The minimum Gasteiger partial charge on any atom is -0.443 e. The van der Waals surface area contributed by atoms with Crippen LogP contribution in [0.3, 0.4) is 0 Å². The third-order valence-electron chi connectivity index (χ3n) is 4.89. The average Bonchev–Trinajstić information content (AvgIpc) is 2.90. The molecule has 2 aromatic rings. The van der Waals surface area contributed by atoms with Gasteiger partial charge in [-0.2, -0.15) is 5.26 Å². The Bertz CT molecular complexity index is 918. The number of amides is 1. The van der Waals surface area contributed by atoms with E-state index in [-0.39, 0.29) is 11.5 Å². The number of rotatable bonds is 3. The zero-order valence-electron chi connectivity index (χ0n) is 17.2. The van der Waals surface area contributed by atoms with E-state index in [0.29, 0.717) is 12.2 Å². The minimum absolute atomic E-state index is 0.127. The Balaban J connectivity index is 1.77. The van der Waals surface area contributed by atoms with Gasteiger partial charge in [-0.3, -0.25) is 4.90 Å². The fourth-order valence-corrected chi connectivity index (χ4v) is 3.49. The summed E-state index contributed by atoms with van der Waals surface area (Å²) in [5.74, 6) is 0. The molecule has 0 fully saturated rings. The monoisotopic (exact) mass is 377 g/mol. The highest BCUT2D eigenvalue weighted by Gasteiger charge is 2.39. The SMILES string of the molecule is CC(C)(C)OC(=O)N1CC(C)(C)c2cc(CCc3ccc(C#N)nc3)ccc21. The summed E-state index contributed by atoms with van der Waals surface area (Å²) in [6.07, 6.45) is 3.20. The van der Waals surface area contributed by atoms with Crippen molar-refractivity contribution in [3.8, 4) is 6.07 Å². The number of aryl methyl sites for hydroxylation is 2. The molecule has 0 saturated carbocycles. The number of hydrogen-bond acceptors (Lipinski definition) is 4. The molecule has 146 valence electrons. The lowest BCUT2D eigenvalue weighted by molar-refractivity contribution is 0.0579. The van der Waals surface area contributed by atoms with Crippen molar-refractivity contribution in [2.45, 2.75) is 58.5 Å². The number of nitriles is 1. The summed E-state index contributed by atoms with van der Waals surface area (Å²) in [6, 6.07) is 12.1. The zero-order valence-corrected chi connectivity index (χ0v) is 17.2. The second kappa shape index (κ2) is 7.27. The Morgan fingerprint density at radius 3 is 2.50 bits per heavy atom. The van der Waals surface area contributed by atoms with Gasteiger partial charge in [-0.25, -0.2) is 9.78 Å². The highest BCUT2D eigenvalue weighted by molar-refractivity contribution is 5.91. The number of benzene rings is 1. The molecule has 5 nitrogen and oxygen atoms in total. The van der Waals surface area contributed by atoms with Gasteiger partial charge in [0.15, 0.2) is 0 Å². The number of carbonyl (C=O) groups excluding carboxylic acids is 1. The average molecular weight is 377 g/mol.